The SMILES string of the molecule is CC[N+]1(N)NC(c2ccccn2)=C(N)C1=N. The Morgan fingerprint density at radius 2 is 2.25 bits per heavy atom. The van der Waals surface area contributed by atoms with Crippen molar-refractivity contribution in [1.29, 1.82) is 5.41 Å². The smallest absolute Gasteiger partial charge is 0.290 e. The quantitative estimate of drug-likeness (QED) is 0.412. The van der Waals surface area contributed by atoms with E-state index in [1.807, 2.05) is 25.1 Å². The lowest BCUT2D eigenvalue weighted by Gasteiger charge is -2.24. The number of rotatable bonds is 2. The molecule has 2 rings (SSSR count). The third-order valence-corrected chi connectivity index (χ3v) is 2.65. The highest BCUT2D eigenvalue weighted by Gasteiger charge is 2.41. The van der Waals surface area contributed by atoms with Crippen LogP contribution in [0.4, 0.5) is 0 Å². The average Bonchev–Trinajstić information content (AvgIpc) is 2.56. The van der Waals surface area contributed by atoms with E-state index >= 15 is 0 Å². The lowest BCUT2D eigenvalue weighted by Crippen LogP contribution is -2.62. The molecule has 6 heteroatoms. The summed E-state index contributed by atoms with van der Waals surface area (Å²) in [5, 5.41) is 7.86. The molecule has 2 heterocycles. The normalized spacial score (nSPS) is 24.8. The largest absolute Gasteiger partial charge is 0.390 e. The molecule has 0 fully saturated rings. The van der Waals surface area contributed by atoms with Crippen LogP contribution in [0.1, 0.15) is 12.6 Å². The van der Waals surface area contributed by atoms with Gasteiger partial charge < -0.3 is 5.73 Å². The molecule has 1 aromatic rings. The first kappa shape index (κ1) is 10.6. The van der Waals surface area contributed by atoms with Crippen LogP contribution in [0.15, 0.2) is 30.1 Å². The number of nitrogens with zero attached hydrogens (tertiary/aromatic N) is 2. The summed E-state index contributed by atoms with van der Waals surface area (Å²) in [6, 6.07) is 5.52. The van der Waals surface area contributed by atoms with Gasteiger partial charge >= 0.3 is 0 Å². The first-order valence-electron chi connectivity index (χ1n) is 5.04. The van der Waals surface area contributed by atoms with E-state index in [1.54, 1.807) is 6.20 Å². The van der Waals surface area contributed by atoms with Gasteiger partial charge in [-0.05, 0) is 19.1 Å². The third kappa shape index (κ3) is 1.44. The fourth-order valence-corrected chi connectivity index (χ4v) is 1.59. The van der Waals surface area contributed by atoms with Crippen molar-refractivity contribution in [2.75, 3.05) is 6.54 Å². The van der Waals surface area contributed by atoms with Gasteiger partial charge in [0.15, 0.2) is 0 Å². The molecule has 6 nitrogen and oxygen atoms in total. The highest BCUT2D eigenvalue weighted by Crippen LogP contribution is 2.21. The predicted molar refractivity (Wildman–Crippen MR) is 61.2 cm³/mol. The van der Waals surface area contributed by atoms with Crippen molar-refractivity contribution in [3.05, 3.63) is 35.8 Å². The minimum Gasteiger partial charge on any atom is -0.390 e. The molecule has 1 aromatic heterocycles. The lowest BCUT2D eigenvalue weighted by atomic mass is 10.2. The summed E-state index contributed by atoms with van der Waals surface area (Å²) in [5.74, 6) is 6.14. The Bertz CT molecular complexity index is 452. The van der Waals surface area contributed by atoms with Gasteiger partial charge in [-0.15, -0.1) is 10.5 Å². The second kappa shape index (κ2) is 3.58. The molecule has 0 saturated carbocycles. The molecule has 0 radical (unpaired) electrons. The van der Waals surface area contributed by atoms with Gasteiger partial charge in [-0.1, -0.05) is 6.07 Å². The summed E-state index contributed by atoms with van der Waals surface area (Å²) < 4.78 is -0.183. The van der Waals surface area contributed by atoms with Gasteiger partial charge in [0.05, 0.1) is 5.69 Å². The van der Waals surface area contributed by atoms with Gasteiger partial charge in [0.25, 0.3) is 5.84 Å². The van der Waals surface area contributed by atoms with Crippen LogP contribution in [0, 0.1) is 5.41 Å². The Kier molecular flexibility index (Phi) is 2.37. The second-order valence-electron chi connectivity index (χ2n) is 3.65. The number of pyridine rings is 1. The van der Waals surface area contributed by atoms with E-state index in [-0.39, 0.29) is 10.5 Å². The Morgan fingerprint density at radius 1 is 1.50 bits per heavy atom. The van der Waals surface area contributed by atoms with Gasteiger partial charge in [0, 0.05) is 6.20 Å². The lowest BCUT2D eigenvalue weighted by molar-refractivity contribution is -0.885. The van der Waals surface area contributed by atoms with Gasteiger partial charge in [-0.3, -0.25) is 4.98 Å². The molecule has 1 aliphatic rings. The van der Waals surface area contributed by atoms with E-state index in [9.17, 15) is 0 Å². The maximum Gasteiger partial charge on any atom is 0.290 e. The maximum atomic E-state index is 7.86. The van der Waals surface area contributed by atoms with E-state index < -0.39 is 0 Å². The number of nitrogens with one attached hydrogen (secondary N) is 2. The third-order valence-electron chi connectivity index (χ3n) is 2.65. The predicted octanol–water partition coefficient (Wildman–Crippen LogP) is -0.0852. The summed E-state index contributed by atoms with van der Waals surface area (Å²) >= 11 is 0. The molecule has 0 bridgehead atoms. The van der Waals surface area contributed by atoms with Gasteiger partial charge in [-0.25, -0.2) is 10.8 Å². The molecule has 0 saturated heterocycles. The molecule has 84 valence electrons. The van der Waals surface area contributed by atoms with E-state index in [4.69, 9.17) is 17.0 Å². The zero-order chi connectivity index (χ0) is 11.8. The molecule has 1 atom stereocenters. The van der Waals surface area contributed by atoms with Crippen molar-refractivity contribution >= 4 is 11.5 Å². The summed E-state index contributed by atoms with van der Waals surface area (Å²) in [5.41, 5.74) is 10.5. The zero-order valence-corrected chi connectivity index (χ0v) is 9.07. The molecule has 0 aromatic carbocycles. The monoisotopic (exact) mass is 219 g/mol. The van der Waals surface area contributed by atoms with Crippen LogP contribution in [0.3, 0.4) is 0 Å². The number of aromatic nitrogens is 1. The minimum atomic E-state index is -0.183. The summed E-state index contributed by atoms with van der Waals surface area (Å²) in [7, 11) is 0. The van der Waals surface area contributed by atoms with Crippen LogP contribution in [0.25, 0.3) is 5.70 Å². The molecule has 0 amide bonds. The highest BCUT2D eigenvalue weighted by molar-refractivity contribution is 5.99. The first-order chi connectivity index (χ1) is 7.58. The van der Waals surface area contributed by atoms with Crippen LogP contribution < -0.4 is 17.0 Å². The summed E-state index contributed by atoms with van der Waals surface area (Å²) in [4.78, 5) is 4.18. The number of quaternary nitrogens is 1. The number of nitrogens with two attached hydrogens (primary N) is 2. The molecule has 1 aliphatic heterocycles. The van der Waals surface area contributed by atoms with Gasteiger partial charge in [-0.2, -0.15) is 0 Å². The Hall–Kier alpha value is -1.92. The molecular weight excluding hydrogens is 204 g/mol. The van der Waals surface area contributed by atoms with Crippen molar-refractivity contribution in [3.8, 4) is 0 Å². The van der Waals surface area contributed by atoms with Crippen LogP contribution in [0.2, 0.25) is 0 Å². The standard InChI is InChI=1S/C10H15N6/c1-2-16(13)10(12)8(11)9(15-16)7-5-3-4-6-14-7/h3-6,12,15H,2,11,13H2,1H3/q+1. The van der Waals surface area contributed by atoms with E-state index in [0.29, 0.717) is 23.6 Å². The highest BCUT2D eigenvalue weighted by atomic mass is 15.8. The second-order valence-corrected chi connectivity index (χ2v) is 3.65. The van der Waals surface area contributed by atoms with Crippen molar-refractivity contribution < 1.29 is 4.70 Å². The van der Waals surface area contributed by atoms with Crippen molar-refractivity contribution in [2.45, 2.75) is 6.92 Å². The molecule has 6 N–H and O–H groups in total. The van der Waals surface area contributed by atoms with E-state index in [2.05, 4.69) is 10.4 Å². The van der Waals surface area contributed by atoms with Crippen LogP contribution in [-0.2, 0) is 0 Å². The average molecular weight is 219 g/mol. The number of likely N-dealkylation sites (N-methyl/N-ethyl adjacent to an activating group) is 1. The number of hydrogen-bond acceptors (Lipinski definition) is 5. The van der Waals surface area contributed by atoms with Crippen LogP contribution >= 0.6 is 0 Å². The van der Waals surface area contributed by atoms with E-state index in [1.165, 1.54) is 0 Å². The molecule has 0 spiro atoms. The Labute approximate surface area is 93.6 Å². The Morgan fingerprint density at radius 3 is 2.75 bits per heavy atom. The number of amidine groups is 1. The van der Waals surface area contributed by atoms with Crippen LogP contribution in [0.5, 0.6) is 0 Å². The molecule has 16 heavy (non-hydrogen) atoms. The molecular formula is C10H15N6+. The topological polar surface area (TPSA) is 101 Å². The van der Waals surface area contributed by atoms with Crippen molar-refractivity contribution in [3.63, 3.8) is 0 Å². The first-order valence-corrected chi connectivity index (χ1v) is 5.04. The van der Waals surface area contributed by atoms with Crippen molar-refractivity contribution in [2.24, 2.45) is 11.6 Å². The minimum absolute atomic E-state index is 0.170. The molecule has 0 aliphatic carbocycles. The molecule has 1 unspecified atom stereocenters. The van der Waals surface area contributed by atoms with E-state index in [0.717, 1.165) is 0 Å². The summed E-state index contributed by atoms with van der Waals surface area (Å²) in [6.07, 6.45) is 1.68. The van der Waals surface area contributed by atoms with Crippen molar-refractivity contribution in [1.82, 2.24) is 10.4 Å². The van der Waals surface area contributed by atoms with Crippen LogP contribution in [-0.4, -0.2) is 22.1 Å². The fourth-order valence-electron chi connectivity index (χ4n) is 1.59. The zero-order valence-electron chi connectivity index (χ0n) is 9.07. The fraction of sp³-hybridized carbons (Fsp3) is 0.200. The summed E-state index contributed by atoms with van der Waals surface area (Å²) in [6.45, 7) is 2.42. The maximum absolute atomic E-state index is 7.86. The van der Waals surface area contributed by atoms with Gasteiger partial charge in [0.2, 0.25) is 0 Å². The Balaban J connectivity index is 2.42. The number of hydrogen-bond donors (Lipinski definition) is 4. The van der Waals surface area contributed by atoms with Gasteiger partial charge in [0.1, 0.15) is 17.9 Å².